The van der Waals surface area contributed by atoms with Crippen LogP contribution in [0.5, 0.6) is 0 Å². The Hall–Kier alpha value is -1.36. The number of ether oxygens (including phenoxy) is 1. The van der Waals surface area contributed by atoms with Crippen LogP contribution in [-0.4, -0.2) is 22.0 Å². The van der Waals surface area contributed by atoms with Crippen LogP contribution >= 0.6 is 15.9 Å². The molecule has 0 amide bonds. The highest BCUT2D eigenvalue weighted by molar-refractivity contribution is 9.10. The Morgan fingerprint density at radius 2 is 2.31 bits per heavy atom. The zero-order chi connectivity index (χ0) is 11.7. The van der Waals surface area contributed by atoms with Gasteiger partial charge in [-0.05, 0) is 47.5 Å². The SMILES string of the molecule is CCOC(=O)c1cn2c(Br)cc(C)cc2n1. The first-order chi connectivity index (χ1) is 7.61. The number of aromatic nitrogens is 2. The Labute approximate surface area is 101 Å². The molecular weight excluding hydrogens is 272 g/mol. The Morgan fingerprint density at radius 1 is 1.56 bits per heavy atom. The van der Waals surface area contributed by atoms with Crippen LogP contribution in [0.2, 0.25) is 0 Å². The molecule has 0 saturated carbocycles. The number of esters is 1. The fourth-order valence-electron chi connectivity index (χ4n) is 1.47. The number of nitrogens with zero attached hydrogens (tertiary/aromatic N) is 2. The minimum absolute atomic E-state index is 0.327. The molecule has 84 valence electrons. The van der Waals surface area contributed by atoms with Gasteiger partial charge in [0.1, 0.15) is 5.65 Å². The summed E-state index contributed by atoms with van der Waals surface area (Å²) in [5.74, 6) is -0.393. The van der Waals surface area contributed by atoms with Crippen LogP contribution in [0.15, 0.2) is 22.9 Å². The minimum Gasteiger partial charge on any atom is -0.461 e. The second-order valence-corrected chi connectivity index (χ2v) is 4.24. The topological polar surface area (TPSA) is 43.6 Å². The molecule has 0 fully saturated rings. The van der Waals surface area contributed by atoms with Gasteiger partial charge in [-0.15, -0.1) is 0 Å². The summed E-state index contributed by atoms with van der Waals surface area (Å²) in [6.45, 7) is 4.10. The molecule has 5 heteroatoms. The van der Waals surface area contributed by atoms with E-state index < -0.39 is 5.97 Å². The van der Waals surface area contributed by atoms with Crippen LogP contribution < -0.4 is 0 Å². The molecule has 16 heavy (non-hydrogen) atoms. The molecule has 0 aromatic carbocycles. The van der Waals surface area contributed by atoms with Crippen LogP contribution in [0.25, 0.3) is 5.65 Å². The van der Waals surface area contributed by atoms with E-state index in [4.69, 9.17) is 4.74 Å². The number of aryl methyl sites for hydroxylation is 1. The normalized spacial score (nSPS) is 10.7. The van der Waals surface area contributed by atoms with Gasteiger partial charge in [-0.25, -0.2) is 9.78 Å². The lowest BCUT2D eigenvalue weighted by Gasteiger charge is -1.98. The van der Waals surface area contributed by atoms with Gasteiger partial charge in [0.05, 0.1) is 11.2 Å². The van der Waals surface area contributed by atoms with Crippen LogP contribution in [0, 0.1) is 6.92 Å². The third-order valence-electron chi connectivity index (χ3n) is 2.15. The molecule has 2 aromatic rings. The van der Waals surface area contributed by atoms with Gasteiger partial charge < -0.3 is 4.74 Å². The summed E-state index contributed by atoms with van der Waals surface area (Å²) in [6, 6.07) is 3.87. The molecule has 0 atom stereocenters. The van der Waals surface area contributed by atoms with E-state index in [-0.39, 0.29) is 0 Å². The highest BCUT2D eigenvalue weighted by atomic mass is 79.9. The van der Waals surface area contributed by atoms with Gasteiger partial charge in [-0.1, -0.05) is 0 Å². The van der Waals surface area contributed by atoms with Crippen LogP contribution in [-0.2, 0) is 4.74 Å². The van der Waals surface area contributed by atoms with Crippen molar-refractivity contribution in [3.8, 4) is 0 Å². The fourth-order valence-corrected chi connectivity index (χ4v) is 2.12. The first-order valence-corrected chi connectivity index (χ1v) is 5.73. The summed E-state index contributed by atoms with van der Waals surface area (Å²) in [7, 11) is 0. The molecule has 0 saturated heterocycles. The first kappa shape index (κ1) is 11.1. The smallest absolute Gasteiger partial charge is 0.358 e. The van der Waals surface area contributed by atoms with Crippen molar-refractivity contribution < 1.29 is 9.53 Å². The first-order valence-electron chi connectivity index (χ1n) is 4.94. The fraction of sp³-hybridized carbons (Fsp3) is 0.273. The highest BCUT2D eigenvalue weighted by Gasteiger charge is 2.12. The highest BCUT2D eigenvalue weighted by Crippen LogP contribution is 2.17. The molecule has 2 rings (SSSR count). The number of carbonyl (C=O) groups is 1. The quantitative estimate of drug-likeness (QED) is 0.628. The van der Waals surface area contributed by atoms with E-state index in [9.17, 15) is 4.79 Å². The number of fused-ring (bicyclic) bond motifs is 1. The number of hydrogen-bond acceptors (Lipinski definition) is 3. The standard InChI is InChI=1S/C11H11BrN2O2/c1-3-16-11(15)8-6-14-9(12)4-7(2)5-10(14)13-8/h4-6H,3H2,1-2H3. The molecular formula is C11H11BrN2O2. The van der Waals surface area contributed by atoms with Crippen molar-refractivity contribution in [1.82, 2.24) is 9.38 Å². The monoisotopic (exact) mass is 282 g/mol. The van der Waals surface area contributed by atoms with Crippen molar-refractivity contribution >= 4 is 27.5 Å². The molecule has 0 aliphatic carbocycles. The van der Waals surface area contributed by atoms with Crippen LogP contribution in [0.1, 0.15) is 23.0 Å². The van der Waals surface area contributed by atoms with Crippen LogP contribution in [0.3, 0.4) is 0 Å². The second-order valence-electron chi connectivity index (χ2n) is 3.43. The van der Waals surface area contributed by atoms with E-state index in [1.807, 2.05) is 19.1 Å². The van der Waals surface area contributed by atoms with Crippen molar-refractivity contribution in [3.63, 3.8) is 0 Å². The average molecular weight is 283 g/mol. The number of imidazole rings is 1. The van der Waals surface area contributed by atoms with Crippen molar-refractivity contribution in [2.24, 2.45) is 0 Å². The number of pyridine rings is 1. The summed E-state index contributed by atoms with van der Waals surface area (Å²) >= 11 is 3.42. The van der Waals surface area contributed by atoms with Gasteiger partial charge in [-0.2, -0.15) is 0 Å². The predicted molar refractivity (Wildman–Crippen MR) is 63.6 cm³/mol. The lowest BCUT2D eigenvalue weighted by molar-refractivity contribution is 0.0520. The largest absolute Gasteiger partial charge is 0.461 e. The van der Waals surface area contributed by atoms with Crippen molar-refractivity contribution in [3.05, 3.63) is 34.2 Å². The number of carbonyl (C=O) groups excluding carboxylic acids is 1. The molecule has 0 N–H and O–H groups in total. The molecule has 0 unspecified atom stereocenters. The lowest BCUT2D eigenvalue weighted by atomic mass is 10.3. The van der Waals surface area contributed by atoms with Crippen molar-refractivity contribution in [2.45, 2.75) is 13.8 Å². The maximum absolute atomic E-state index is 11.5. The second kappa shape index (κ2) is 4.25. The zero-order valence-corrected chi connectivity index (χ0v) is 10.6. The Morgan fingerprint density at radius 3 is 3.00 bits per heavy atom. The van der Waals surface area contributed by atoms with Gasteiger partial charge in [0, 0.05) is 6.20 Å². The van der Waals surface area contributed by atoms with Gasteiger partial charge >= 0.3 is 5.97 Å². The molecule has 0 bridgehead atoms. The Balaban J connectivity index is 2.51. The van der Waals surface area contributed by atoms with Gasteiger partial charge in [-0.3, -0.25) is 4.40 Å². The summed E-state index contributed by atoms with van der Waals surface area (Å²) in [6.07, 6.45) is 1.66. The van der Waals surface area contributed by atoms with E-state index in [0.29, 0.717) is 12.3 Å². The zero-order valence-electron chi connectivity index (χ0n) is 9.03. The summed E-state index contributed by atoms with van der Waals surface area (Å²) in [5, 5.41) is 0. The lowest BCUT2D eigenvalue weighted by Crippen LogP contribution is -2.04. The molecule has 4 nitrogen and oxygen atoms in total. The van der Waals surface area contributed by atoms with Crippen molar-refractivity contribution in [2.75, 3.05) is 6.61 Å². The number of rotatable bonds is 2. The predicted octanol–water partition coefficient (Wildman–Crippen LogP) is 2.58. The molecule has 2 heterocycles. The minimum atomic E-state index is -0.393. The summed E-state index contributed by atoms with van der Waals surface area (Å²) in [5.41, 5.74) is 2.14. The van der Waals surface area contributed by atoms with E-state index in [1.165, 1.54) is 0 Å². The average Bonchev–Trinajstić information content (AvgIpc) is 2.62. The summed E-state index contributed by atoms with van der Waals surface area (Å²) in [4.78, 5) is 15.7. The third-order valence-corrected chi connectivity index (χ3v) is 2.76. The van der Waals surface area contributed by atoms with Crippen LogP contribution in [0.4, 0.5) is 0 Å². The van der Waals surface area contributed by atoms with E-state index in [0.717, 1.165) is 15.8 Å². The summed E-state index contributed by atoms with van der Waals surface area (Å²) < 4.78 is 7.57. The van der Waals surface area contributed by atoms with Gasteiger partial charge in [0.2, 0.25) is 0 Å². The Bertz CT molecular complexity index is 548. The Kier molecular flexibility index (Phi) is 2.96. The van der Waals surface area contributed by atoms with Gasteiger partial charge in [0.25, 0.3) is 0 Å². The maximum Gasteiger partial charge on any atom is 0.358 e. The maximum atomic E-state index is 11.5. The third kappa shape index (κ3) is 1.95. The van der Waals surface area contributed by atoms with Gasteiger partial charge in [0.15, 0.2) is 5.69 Å². The molecule has 0 aliphatic heterocycles. The molecule has 0 radical (unpaired) electrons. The van der Waals surface area contributed by atoms with E-state index in [1.54, 1.807) is 17.5 Å². The number of hydrogen-bond donors (Lipinski definition) is 0. The molecule has 0 aliphatic rings. The molecule has 0 spiro atoms. The van der Waals surface area contributed by atoms with Crippen molar-refractivity contribution in [1.29, 1.82) is 0 Å². The number of halogens is 1. The van der Waals surface area contributed by atoms with E-state index in [2.05, 4.69) is 20.9 Å². The van der Waals surface area contributed by atoms with E-state index >= 15 is 0 Å². The molecule has 2 aromatic heterocycles.